The molecule has 150 valence electrons. The first-order valence-electron chi connectivity index (χ1n) is 8.44. The molecule has 0 radical (unpaired) electrons. The molecular formula is C22H12F2O6. The molecule has 2 N–H and O–H groups in total. The first-order chi connectivity index (χ1) is 14.2. The summed E-state index contributed by atoms with van der Waals surface area (Å²) in [5.74, 6) is -6.06. The topological polar surface area (TPSA) is 109 Å². The lowest BCUT2D eigenvalue weighted by Crippen LogP contribution is -2.17. The lowest BCUT2D eigenvalue weighted by molar-refractivity contribution is 0.0690. The van der Waals surface area contributed by atoms with Gasteiger partial charge in [-0.3, -0.25) is 9.59 Å². The number of carboxylic acids is 2. The van der Waals surface area contributed by atoms with E-state index >= 15 is 0 Å². The Morgan fingerprint density at radius 1 is 0.533 bits per heavy atom. The zero-order valence-electron chi connectivity index (χ0n) is 15.1. The minimum Gasteiger partial charge on any atom is -0.478 e. The maximum atomic E-state index is 13.1. The van der Waals surface area contributed by atoms with Crippen LogP contribution >= 0.6 is 0 Å². The number of hydrogen-bond acceptors (Lipinski definition) is 4. The molecule has 0 saturated heterocycles. The van der Waals surface area contributed by atoms with Gasteiger partial charge in [0, 0.05) is 22.3 Å². The average Bonchev–Trinajstić information content (AvgIpc) is 2.72. The molecule has 0 atom stereocenters. The Balaban J connectivity index is 2.22. The molecule has 0 unspecified atom stereocenters. The Morgan fingerprint density at radius 3 is 1.13 bits per heavy atom. The molecule has 0 amide bonds. The van der Waals surface area contributed by atoms with Gasteiger partial charge in [0.2, 0.25) is 0 Å². The van der Waals surface area contributed by atoms with Crippen molar-refractivity contribution in [3.05, 3.63) is 106 Å². The van der Waals surface area contributed by atoms with Gasteiger partial charge in [-0.15, -0.1) is 0 Å². The average molecular weight is 410 g/mol. The number of hydrogen-bond donors (Lipinski definition) is 2. The first kappa shape index (κ1) is 20.5. The number of ketones is 2. The van der Waals surface area contributed by atoms with Crippen molar-refractivity contribution in [2.75, 3.05) is 0 Å². The highest BCUT2D eigenvalue weighted by atomic mass is 19.1. The van der Waals surface area contributed by atoms with Gasteiger partial charge in [0.05, 0.1) is 11.1 Å². The van der Waals surface area contributed by atoms with E-state index in [9.17, 15) is 38.2 Å². The maximum Gasteiger partial charge on any atom is 0.336 e. The zero-order chi connectivity index (χ0) is 22.0. The summed E-state index contributed by atoms with van der Waals surface area (Å²) in [6.07, 6.45) is 0. The highest BCUT2D eigenvalue weighted by Gasteiger charge is 2.26. The van der Waals surface area contributed by atoms with Crippen LogP contribution in [0.4, 0.5) is 8.78 Å². The molecule has 3 rings (SSSR count). The molecule has 0 spiro atoms. The van der Waals surface area contributed by atoms with Gasteiger partial charge in [0.15, 0.2) is 11.6 Å². The molecule has 8 heteroatoms. The Kier molecular flexibility index (Phi) is 5.50. The van der Waals surface area contributed by atoms with Gasteiger partial charge >= 0.3 is 11.9 Å². The van der Waals surface area contributed by atoms with Gasteiger partial charge in [-0.05, 0) is 60.7 Å². The summed E-state index contributed by atoms with van der Waals surface area (Å²) < 4.78 is 26.3. The summed E-state index contributed by atoms with van der Waals surface area (Å²) in [7, 11) is 0. The van der Waals surface area contributed by atoms with Crippen LogP contribution in [0.25, 0.3) is 0 Å². The second-order valence-corrected chi connectivity index (χ2v) is 6.23. The molecule has 6 nitrogen and oxygen atoms in total. The van der Waals surface area contributed by atoms with Gasteiger partial charge in [-0.25, -0.2) is 18.4 Å². The van der Waals surface area contributed by atoms with Crippen LogP contribution in [0, 0.1) is 11.6 Å². The van der Waals surface area contributed by atoms with E-state index in [1.165, 1.54) is 0 Å². The number of carbonyl (C=O) groups is 4. The minimum absolute atomic E-state index is 0.0536. The SMILES string of the molecule is O=C(O)c1cc(C(=O)O)c(C(=O)c2ccc(F)cc2)cc1C(=O)c1ccc(F)cc1. The van der Waals surface area contributed by atoms with Gasteiger partial charge in [0.1, 0.15) is 11.6 Å². The molecule has 30 heavy (non-hydrogen) atoms. The minimum atomic E-state index is -1.58. The highest BCUT2D eigenvalue weighted by molar-refractivity contribution is 6.19. The fourth-order valence-corrected chi connectivity index (χ4v) is 2.84. The molecule has 0 saturated carbocycles. The Hall–Kier alpha value is -4.20. The van der Waals surface area contributed by atoms with Crippen LogP contribution < -0.4 is 0 Å². The third kappa shape index (κ3) is 3.97. The third-order valence-corrected chi connectivity index (χ3v) is 4.32. The largest absolute Gasteiger partial charge is 0.478 e. The molecule has 3 aromatic carbocycles. The van der Waals surface area contributed by atoms with Crippen molar-refractivity contribution in [2.45, 2.75) is 0 Å². The second kappa shape index (κ2) is 8.04. The lowest BCUT2D eigenvalue weighted by atomic mass is 9.90. The van der Waals surface area contributed by atoms with Crippen molar-refractivity contribution in [2.24, 2.45) is 0 Å². The summed E-state index contributed by atoms with van der Waals surface area (Å²) in [5, 5.41) is 18.9. The number of halogens is 2. The Bertz CT molecular complexity index is 1090. The molecular weight excluding hydrogens is 398 g/mol. The standard InChI is InChI=1S/C22H12F2O6/c23-13-5-1-11(2-6-13)19(25)15-9-16(18(22(29)30)10-17(15)21(27)28)20(26)12-3-7-14(24)8-4-12/h1-10H,(H,27,28)(H,29,30). The molecule has 3 aromatic rings. The van der Waals surface area contributed by atoms with E-state index in [2.05, 4.69) is 0 Å². The van der Waals surface area contributed by atoms with Crippen molar-refractivity contribution in [3.63, 3.8) is 0 Å². The van der Waals surface area contributed by atoms with E-state index in [1.807, 2.05) is 0 Å². The normalized spacial score (nSPS) is 10.5. The molecule has 0 aliphatic heterocycles. The van der Waals surface area contributed by atoms with Crippen LogP contribution in [0.3, 0.4) is 0 Å². The Morgan fingerprint density at radius 2 is 0.833 bits per heavy atom. The van der Waals surface area contributed by atoms with Crippen molar-refractivity contribution >= 4 is 23.5 Å². The van der Waals surface area contributed by atoms with E-state index < -0.39 is 57.4 Å². The number of rotatable bonds is 6. The van der Waals surface area contributed by atoms with Gasteiger partial charge in [0.25, 0.3) is 0 Å². The fraction of sp³-hybridized carbons (Fsp3) is 0. The summed E-state index contributed by atoms with van der Waals surface area (Å²) in [5.41, 5.74) is -2.24. The first-order valence-corrected chi connectivity index (χ1v) is 8.44. The number of aromatic carboxylic acids is 2. The zero-order valence-corrected chi connectivity index (χ0v) is 15.1. The summed E-state index contributed by atoms with van der Waals surface area (Å²) >= 11 is 0. The maximum absolute atomic E-state index is 13.1. The van der Waals surface area contributed by atoms with E-state index in [0.717, 1.165) is 60.7 Å². The van der Waals surface area contributed by atoms with Crippen molar-refractivity contribution in [3.8, 4) is 0 Å². The van der Waals surface area contributed by atoms with Crippen LogP contribution in [-0.2, 0) is 0 Å². The lowest BCUT2D eigenvalue weighted by Gasteiger charge is -2.12. The molecule has 0 bridgehead atoms. The summed E-state index contributed by atoms with van der Waals surface area (Å²) in [6.45, 7) is 0. The van der Waals surface area contributed by atoms with E-state index in [0.29, 0.717) is 0 Å². The predicted octanol–water partition coefficient (Wildman–Crippen LogP) is 3.82. The van der Waals surface area contributed by atoms with E-state index in [-0.39, 0.29) is 11.1 Å². The van der Waals surface area contributed by atoms with Crippen LogP contribution in [-0.4, -0.2) is 33.7 Å². The number of carbonyl (C=O) groups excluding carboxylic acids is 2. The van der Waals surface area contributed by atoms with Crippen molar-refractivity contribution < 1.29 is 38.2 Å². The van der Waals surface area contributed by atoms with Crippen molar-refractivity contribution in [1.29, 1.82) is 0 Å². The van der Waals surface area contributed by atoms with E-state index in [4.69, 9.17) is 0 Å². The van der Waals surface area contributed by atoms with Crippen LogP contribution in [0.1, 0.15) is 52.6 Å². The molecule has 0 aliphatic rings. The van der Waals surface area contributed by atoms with Gasteiger partial charge in [-0.1, -0.05) is 0 Å². The quantitative estimate of drug-likeness (QED) is 0.598. The summed E-state index contributed by atoms with van der Waals surface area (Å²) in [4.78, 5) is 48.9. The third-order valence-electron chi connectivity index (χ3n) is 4.32. The predicted molar refractivity (Wildman–Crippen MR) is 100 cm³/mol. The highest BCUT2D eigenvalue weighted by Crippen LogP contribution is 2.24. The van der Waals surface area contributed by atoms with E-state index in [1.54, 1.807) is 0 Å². The number of benzene rings is 3. The van der Waals surface area contributed by atoms with Gasteiger partial charge < -0.3 is 10.2 Å². The smallest absolute Gasteiger partial charge is 0.336 e. The fourth-order valence-electron chi connectivity index (χ4n) is 2.84. The monoisotopic (exact) mass is 410 g/mol. The summed E-state index contributed by atoms with van der Waals surface area (Å²) in [6, 6.07) is 10.2. The van der Waals surface area contributed by atoms with Gasteiger partial charge in [-0.2, -0.15) is 0 Å². The van der Waals surface area contributed by atoms with Crippen LogP contribution in [0.5, 0.6) is 0 Å². The molecule has 0 aromatic heterocycles. The van der Waals surface area contributed by atoms with Crippen molar-refractivity contribution in [1.82, 2.24) is 0 Å². The molecule has 0 aliphatic carbocycles. The molecule has 0 heterocycles. The van der Waals surface area contributed by atoms with Crippen LogP contribution in [0.15, 0.2) is 60.7 Å². The van der Waals surface area contributed by atoms with Crippen LogP contribution in [0.2, 0.25) is 0 Å². The second-order valence-electron chi connectivity index (χ2n) is 6.23. The molecule has 0 fully saturated rings. The Labute approximate surface area is 168 Å². The number of carboxylic acid groups (broad SMARTS) is 2.